The van der Waals surface area contributed by atoms with E-state index in [1.807, 2.05) is 11.6 Å². The van der Waals surface area contributed by atoms with Crippen LogP contribution >= 0.6 is 11.6 Å². The number of hydrogen-bond acceptors (Lipinski definition) is 2. The maximum atomic E-state index is 6.33. The van der Waals surface area contributed by atoms with Gasteiger partial charge in [-0.3, -0.25) is 4.68 Å². The Balaban J connectivity index is 1.89. The Morgan fingerprint density at radius 1 is 1.26 bits per heavy atom. The Bertz CT molecular complexity index is 406. The molecule has 1 saturated carbocycles. The Morgan fingerprint density at radius 3 is 2.53 bits per heavy atom. The number of rotatable bonds is 5. The van der Waals surface area contributed by atoms with Crippen molar-refractivity contribution < 1.29 is 0 Å². The molecule has 1 aliphatic rings. The molecule has 0 atom stereocenters. The van der Waals surface area contributed by atoms with Crippen LogP contribution in [0.3, 0.4) is 0 Å². The van der Waals surface area contributed by atoms with Crippen molar-refractivity contribution in [2.45, 2.75) is 72.0 Å². The number of aryl methyl sites for hydroxylation is 2. The van der Waals surface area contributed by atoms with Crippen molar-refractivity contribution in [3.8, 4) is 0 Å². The third-order valence-electron chi connectivity index (χ3n) is 4.44. The third-order valence-corrected chi connectivity index (χ3v) is 4.93. The summed E-state index contributed by atoms with van der Waals surface area (Å²) in [5, 5.41) is 8.96. The molecule has 1 aliphatic carbocycles. The summed E-state index contributed by atoms with van der Waals surface area (Å²) in [4.78, 5) is 0. The molecule has 0 radical (unpaired) electrons. The minimum atomic E-state index is 0.652. The number of nitrogens with zero attached hydrogens (tertiary/aromatic N) is 2. The van der Waals surface area contributed by atoms with E-state index in [4.69, 9.17) is 11.6 Å². The van der Waals surface area contributed by atoms with E-state index in [0.29, 0.717) is 6.04 Å². The SMILES string of the molecule is CCC1CCC(NCc2c(Cl)c(C)nn2CC)CC1. The van der Waals surface area contributed by atoms with Gasteiger partial charge in [0.2, 0.25) is 0 Å². The number of hydrogen-bond donors (Lipinski definition) is 1. The van der Waals surface area contributed by atoms with Crippen LogP contribution in [0.1, 0.15) is 57.3 Å². The van der Waals surface area contributed by atoms with Gasteiger partial charge in [-0.1, -0.05) is 24.9 Å². The number of aromatic nitrogens is 2. The van der Waals surface area contributed by atoms with Crippen LogP contribution in [-0.2, 0) is 13.1 Å². The molecule has 0 bridgehead atoms. The molecule has 3 nitrogen and oxygen atoms in total. The highest BCUT2D eigenvalue weighted by Gasteiger charge is 2.20. The molecule has 1 aromatic heterocycles. The van der Waals surface area contributed by atoms with Crippen molar-refractivity contribution >= 4 is 11.6 Å². The van der Waals surface area contributed by atoms with Crippen molar-refractivity contribution in [2.75, 3.05) is 0 Å². The van der Waals surface area contributed by atoms with Crippen LogP contribution in [-0.4, -0.2) is 15.8 Å². The van der Waals surface area contributed by atoms with Crippen LogP contribution in [0.2, 0.25) is 5.02 Å². The second-order valence-electron chi connectivity index (χ2n) is 5.67. The minimum Gasteiger partial charge on any atom is -0.308 e. The Hall–Kier alpha value is -0.540. The standard InChI is InChI=1S/C15H26ClN3/c1-4-12-6-8-13(9-7-12)17-10-14-15(16)11(3)18-19(14)5-2/h12-13,17H,4-10H2,1-3H3. The van der Waals surface area contributed by atoms with Crippen molar-refractivity contribution in [1.82, 2.24) is 15.1 Å². The number of nitrogens with one attached hydrogen (secondary N) is 1. The zero-order valence-electron chi connectivity index (χ0n) is 12.4. The van der Waals surface area contributed by atoms with Gasteiger partial charge >= 0.3 is 0 Å². The fourth-order valence-electron chi connectivity index (χ4n) is 3.05. The summed E-state index contributed by atoms with van der Waals surface area (Å²) in [6, 6.07) is 0.652. The van der Waals surface area contributed by atoms with Gasteiger partial charge in [-0.15, -0.1) is 0 Å². The minimum absolute atomic E-state index is 0.652. The van der Waals surface area contributed by atoms with Gasteiger partial charge in [-0.2, -0.15) is 5.10 Å². The van der Waals surface area contributed by atoms with E-state index in [1.54, 1.807) is 0 Å². The van der Waals surface area contributed by atoms with Crippen LogP contribution in [0.5, 0.6) is 0 Å². The maximum absolute atomic E-state index is 6.33. The first-order valence-corrected chi connectivity index (χ1v) is 7.98. The maximum Gasteiger partial charge on any atom is 0.0860 e. The second-order valence-corrected chi connectivity index (χ2v) is 6.05. The van der Waals surface area contributed by atoms with Crippen LogP contribution in [0, 0.1) is 12.8 Å². The highest BCUT2D eigenvalue weighted by atomic mass is 35.5. The molecule has 0 amide bonds. The zero-order valence-corrected chi connectivity index (χ0v) is 13.1. The van der Waals surface area contributed by atoms with E-state index in [-0.39, 0.29) is 0 Å². The molecule has 0 unspecified atom stereocenters. The molecule has 4 heteroatoms. The van der Waals surface area contributed by atoms with E-state index in [2.05, 4.69) is 24.3 Å². The lowest BCUT2D eigenvalue weighted by atomic mass is 9.84. The van der Waals surface area contributed by atoms with E-state index in [1.165, 1.54) is 32.1 Å². The molecule has 19 heavy (non-hydrogen) atoms. The lowest BCUT2D eigenvalue weighted by Crippen LogP contribution is -2.33. The molecule has 1 N–H and O–H groups in total. The molecule has 108 valence electrons. The van der Waals surface area contributed by atoms with E-state index < -0.39 is 0 Å². The average Bonchev–Trinajstić information content (AvgIpc) is 2.72. The Morgan fingerprint density at radius 2 is 1.95 bits per heavy atom. The Labute approximate surface area is 121 Å². The third kappa shape index (κ3) is 3.51. The molecule has 1 fully saturated rings. The zero-order chi connectivity index (χ0) is 13.8. The number of halogens is 1. The molecule has 0 aliphatic heterocycles. The lowest BCUT2D eigenvalue weighted by molar-refractivity contribution is 0.283. The summed E-state index contributed by atoms with van der Waals surface area (Å²) in [6.07, 6.45) is 6.67. The first kappa shape index (κ1) is 14.9. The van der Waals surface area contributed by atoms with Crippen molar-refractivity contribution in [3.63, 3.8) is 0 Å². The highest BCUT2D eigenvalue weighted by Crippen LogP contribution is 2.27. The highest BCUT2D eigenvalue weighted by molar-refractivity contribution is 6.31. The van der Waals surface area contributed by atoms with Gasteiger partial charge in [0.1, 0.15) is 0 Å². The fourth-order valence-corrected chi connectivity index (χ4v) is 3.26. The van der Waals surface area contributed by atoms with Crippen LogP contribution < -0.4 is 5.32 Å². The summed E-state index contributed by atoms with van der Waals surface area (Å²) in [5.74, 6) is 0.949. The summed E-state index contributed by atoms with van der Waals surface area (Å²) >= 11 is 6.33. The van der Waals surface area contributed by atoms with Crippen molar-refractivity contribution in [3.05, 3.63) is 16.4 Å². The first-order chi connectivity index (χ1) is 9.15. The van der Waals surface area contributed by atoms with Gasteiger partial charge in [0.05, 0.1) is 16.4 Å². The molecular weight excluding hydrogens is 258 g/mol. The summed E-state index contributed by atoms with van der Waals surface area (Å²) in [7, 11) is 0. The van der Waals surface area contributed by atoms with Crippen molar-refractivity contribution in [1.29, 1.82) is 0 Å². The summed E-state index contributed by atoms with van der Waals surface area (Å²) < 4.78 is 2.02. The quantitative estimate of drug-likeness (QED) is 0.887. The van der Waals surface area contributed by atoms with Crippen LogP contribution in [0.4, 0.5) is 0 Å². The largest absolute Gasteiger partial charge is 0.308 e. The van der Waals surface area contributed by atoms with Gasteiger partial charge in [0.25, 0.3) is 0 Å². The fraction of sp³-hybridized carbons (Fsp3) is 0.800. The summed E-state index contributed by atoms with van der Waals surface area (Å²) in [6.45, 7) is 8.12. The first-order valence-electron chi connectivity index (χ1n) is 7.60. The molecule has 2 rings (SSSR count). The monoisotopic (exact) mass is 283 g/mol. The molecule has 0 spiro atoms. The molecular formula is C15H26ClN3. The van der Waals surface area contributed by atoms with E-state index in [0.717, 1.165) is 35.4 Å². The lowest BCUT2D eigenvalue weighted by Gasteiger charge is -2.28. The summed E-state index contributed by atoms with van der Waals surface area (Å²) in [5.41, 5.74) is 2.08. The predicted octanol–water partition coefficient (Wildman–Crippen LogP) is 3.92. The van der Waals surface area contributed by atoms with E-state index in [9.17, 15) is 0 Å². The second kappa shape index (κ2) is 6.76. The van der Waals surface area contributed by atoms with E-state index >= 15 is 0 Å². The normalized spacial score (nSPS) is 23.8. The van der Waals surface area contributed by atoms with Crippen molar-refractivity contribution in [2.24, 2.45) is 5.92 Å². The van der Waals surface area contributed by atoms with Gasteiger partial charge < -0.3 is 5.32 Å². The molecule has 1 aromatic rings. The van der Waals surface area contributed by atoms with Crippen LogP contribution in [0.25, 0.3) is 0 Å². The van der Waals surface area contributed by atoms with Gasteiger partial charge in [0.15, 0.2) is 0 Å². The average molecular weight is 284 g/mol. The predicted molar refractivity (Wildman–Crippen MR) is 80.5 cm³/mol. The van der Waals surface area contributed by atoms with Crippen LogP contribution in [0.15, 0.2) is 0 Å². The molecule has 0 saturated heterocycles. The smallest absolute Gasteiger partial charge is 0.0860 e. The Kier molecular flexibility index (Phi) is 5.28. The van der Waals surface area contributed by atoms with Gasteiger partial charge in [-0.05, 0) is 45.4 Å². The van der Waals surface area contributed by atoms with Gasteiger partial charge in [0, 0.05) is 19.1 Å². The molecule has 0 aromatic carbocycles. The molecule has 1 heterocycles. The van der Waals surface area contributed by atoms with Gasteiger partial charge in [-0.25, -0.2) is 0 Å². The topological polar surface area (TPSA) is 29.9 Å².